The van der Waals surface area contributed by atoms with Crippen LogP contribution in [0.3, 0.4) is 0 Å². The molecule has 1 aliphatic rings. The van der Waals surface area contributed by atoms with Crippen LogP contribution < -0.4 is 4.90 Å². The Hall–Kier alpha value is -2.54. The number of aromatic amines is 1. The number of benzene rings is 1. The van der Waals surface area contributed by atoms with Gasteiger partial charge in [0.1, 0.15) is 0 Å². The first-order chi connectivity index (χ1) is 11.1. The smallest absolute Gasteiger partial charge is 0.338 e. The van der Waals surface area contributed by atoms with Crippen molar-refractivity contribution in [1.29, 1.82) is 0 Å². The number of anilines is 1. The van der Waals surface area contributed by atoms with Gasteiger partial charge in [0.15, 0.2) is 0 Å². The number of carboxylic acid groups (broad SMARTS) is 1. The zero-order valence-corrected chi connectivity index (χ0v) is 12.9. The van der Waals surface area contributed by atoms with Crippen molar-refractivity contribution in [3.05, 3.63) is 35.1 Å². The topological polar surface area (TPSA) is 87.0 Å². The number of halogens is 1. The van der Waals surface area contributed by atoms with E-state index >= 15 is 0 Å². The van der Waals surface area contributed by atoms with Gasteiger partial charge in [-0.25, -0.2) is 14.5 Å². The molecule has 4 rings (SSSR count). The zero-order chi connectivity index (χ0) is 16.0. The van der Waals surface area contributed by atoms with Gasteiger partial charge in [-0.15, -0.1) is 0 Å². The summed E-state index contributed by atoms with van der Waals surface area (Å²) in [7, 11) is 0. The summed E-state index contributed by atoms with van der Waals surface area (Å²) in [6.07, 6.45) is 5.05. The number of aromatic carboxylic acids is 1. The number of hydrogen-bond donors (Lipinski definition) is 2. The van der Waals surface area contributed by atoms with Crippen molar-refractivity contribution in [2.24, 2.45) is 0 Å². The van der Waals surface area contributed by atoms with Crippen LogP contribution >= 0.6 is 11.6 Å². The Kier molecular flexibility index (Phi) is 3.23. The molecule has 2 N–H and O–H groups in total. The summed E-state index contributed by atoms with van der Waals surface area (Å²) in [5.41, 5.74) is 2.67. The minimum Gasteiger partial charge on any atom is -0.478 e. The monoisotopic (exact) mass is 331 g/mol. The summed E-state index contributed by atoms with van der Waals surface area (Å²) >= 11 is 6.39. The molecule has 0 spiro atoms. The van der Waals surface area contributed by atoms with E-state index in [-0.39, 0.29) is 5.56 Å². The van der Waals surface area contributed by atoms with Crippen LogP contribution in [-0.4, -0.2) is 43.9 Å². The lowest BCUT2D eigenvalue weighted by Gasteiger charge is -2.18. The Morgan fingerprint density at radius 3 is 2.78 bits per heavy atom. The average Bonchev–Trinajstić information content (AvgIpc) is 3.25. The number of imidazole rings is 1. The average molecular weight is 332 g/mol. The minimum absolute atomic E-state index is 0.112. The summed E-state index contributed by atoms with van der Waals surface area (Å²) < 4.78 is 1.41. The van der Waals surface area contributed by atoms with Crippen LogP contribution in [0.2, 0.25) is 5.02 Å². The molecular formula is C15H14ClN5O2. The van der Waals surface area contributed by atoms with Gasteiger partial charge in [-0.1, -0.05) is 11.6 Å². The van der Waals surface area contributed by atoms with Crippen molar-refractivity contribution in [3.63, 3.8) is 0 Å². The zero-order valence-electron chi connectivity index (χ0n) is 12.2. The van der Waals surface area contributed by atoms with Gasteiger partial charge in [0.2, 0.25) is 5.95 Å². The summed E-state index contributed by atoms with van der Waals surface area (Å²) in [6, 6.07) is 3.81. The lowest BCUT2D eigenvalue weighted by molar-refractivity contribution is 0.0697. The predicted octanol–water partition coefficient (Wildman–Crippen LogP) is 2.70. The number of carbonyl (C=O) groups is 1. The highest BCUT2D eigenvalue weighted by molar-refractivity contribution is 6.34. The van der Waals surface area contributed by atoms with Gasteiger partial charge >= 0.3 is 5.97 Å². The van der Waals surface area contributed by atoms with Crippen LogP contribution in [0.4, 0.5) is 5.69 Å². The predicted molar refractivity (Wildman–Crippen MR) is 86.6 cm³/mol. The van der Waals surface area contributed by atoms with Crippen LogP contribution in [0, 0.1) is 0 Å². The largest absolute Gasteiger partial charge is 0.478 e. The molecule has 0 aliphatic carbocycles. The van der Waals surface area contributed by atoms with E-state index in [2.05, 4.69) is 20.0 Å². The molecule has 23 heavy (non-hydrogen) atoms. The van der Waals surface area contributed by atoms with E-state index in [0.717, 1.165) is 29.8 Å². The number of nitrogens with one attached hydrogen (secondary N) is 1. The Balaban J connectivity index is 1.76. The van der Waals surface area contributed by atoms with E-state index in [0.29, 0.717) is 11.0 Å². The van der Waals surface area contributed by atoms with Crippen LogP contribution in [-0.2, 0) is 0 Å². The molecule has 0 amide bonds. The summed E-state index contributed by atoms with van der Waals surface area (Å²) in [5, 5.41) is 13.7. The van der Waals surface area contributed by atoms with Crippen molar-refractivity contribution < 1.29 is 9.90 Å². The summed E-state index contributed by atoms with van der Waals surface area (Å²) in [6.45, 7) is 2.01. The normalized spacial score (nSPS) is 14.7. The second-order valence-electron chi connectivity index (χ2n) is 5.55. The van der Waals surface area contributed by atoms with Gasteiger partial charge in [-0.2, -0.15) is 5.10 Å². The Morgan fingerprint density at radius 1 is 1.30 bits per heavy atom. The molecule has 2 aromatic heterocycles. The maximum atomic E-state index is 10.9. The van der Waals surface area contributed by atoms with E-state index in [1.165, 1.54) is 29.9 Å². The van der Waals surface area contributed by atoms with E-state index in [1.54, 1.807) is 0 Å². The van der Waals surface area contributed by atoms with Crippen molar-refractivity contribution in [2.45, 2.75) is 12.8 Å². The molecule has 0 unspecified atom stereocenters. The molecule has 3 heterocycles. The molecule has 0 atom stereocenters. The number of hydrogen-bond acceptors (Lipinski definition) is 4. The van der Waals surface area contributed by atoms with E-state index in [1.807, 2.05) is 12.1 Å². The first kappa shape index (κ1) is 14.1. The summed E-state index contributed by atoms with van der Waals surface area (Å²) in [5.74, 6) is -0.561. The molecule has 1 aromatic carbocycles. The van der Waals surface area contributed by atoms with Gasteiger partial charge in [0.25, 0.3) is 0 Å². The standard InChI is InChI=1S/C15H14ClN5O2/c16-10-5-11-12(6-13(10)20-3-1-2-4-20)19-15(18-11)21-8-9(7-17-21)14(22)23/h5-8H,1-4H2,(H,18,19)(H,22,23). The van der Waals surface area contributed by atoms with Crippen LogP contribution in [0.1, 0.15) is 23.2 Å². The molecule has 0 radical (unpaired) electrons. The van der Waals surface area contributed by atoms with Crippen LogP contribution in [0.25, 0.3) is 17.0 Å². The SMILES string of the molecule is O=C(O)c1cnn(-c2nc3cc(N4CCCC4)c(Cl)cc3[nH]2)c1. The first-order valence-corrected chi connectivity index (χ1v) is 7.72. The van der Waals surface area contributed by atoms with Crippen molar-refractivity contribution >= 4 is 34.3 Å². The van der Waals surface area contributed by atoms with Gasteiger partial charge in [0, 0.05) is 19.3 Å². The molecule has 1 saturated heterocycles. The number of aromatic nitrogens is 4. The molecule has 0 saturated carbocycles. The first-order valence-electron chi connectivity index (χ1n) is 7.34. The van der Waals surface area contributed by atoms with Gasteiger partial charge in [0.05, 0.1) is 33.5 Å². The fourth-order valence-electron chi connectivity index (χ4n) is 2.86. The number of rotatable bonds is 3. The highest BCUT2D eigenvalue weighted by Gasteiger charge is 2.18. The Morgan fingerprint density at radius 2 is 2.09 bits per heavy atom. The number of carboxylic acids is 1. The highest BCUT2D eigenvalue weighted by atomic mass is 35.5. The molecule has 118 valence electrons. The van der Waals surface area contributed by atoms with E-state index in [9.17, 15) is 4.79 Å². The third kappa shape index (κ3) is 2.43. The molecular weight excluding hydrogens is 318 g/mol. The van der Waals surface area contributed by atoms with Gasteiger partial charge < -0.3 is 15.0 Å². The maximum absolute atomic E-state index is 10.9. The van der Waals surface area contributed by atoms with Crippen molar-refractivity contribution in [2.75, 3.05) is 18.0 Å². The van der Waals surface area contributed by atoms with Gasteiger partial charge in [-0.3, -0.25) is 0 Å². The van der Waals surface area contributed by atoms with Crippen LogP contribution in [0.5, 0.6) is 0 Å². The molecule has 8 heteroatoms. The second kappa shape index (κ2) is 5.27. The number of H-pyrrole nitrogens is 1. The van der Waals surface area contributed by atoms with Gasteiger partial charge in [-0.05, 0) is 25.0 Å². The fraction of sp³-hybridized carbons (Fsp3) is 0.267. The van der Waals surface area contributed by atoms with E-state index < -0.39 is 5.97 Å². The summed E-state index contributed by atoms with van der Waals surface area (Å²) in [4.78, 5) is 20.8. The van der Waals surface area contributed by atoms with Crippen LogP contribution in [0.15, 0.2) is 24.5 Å². The number of nitrogens with zero attached hydrogens (tertiary/aromatic N) is 4. The van der Waals surface area contributed by atoms with E-state index in [4.69, 9.17) is 16.7 Å². The molecule has 1 aliphatic heterocycles. The molecule has 0 bridgehead atoms. The lowest BCUT2D eigenvalue weighted by atomic mass is 10.2. The maximum Gasteiger partial charge on any atom is 0.338 e. The van der Waals surface area contributed by atoms with Crippen molar-refractivity contribution in [3.8, 4) is 5.95 Å². The highest BCUT2D eigenvalue weighted by Crippen LogP contribution is 2.32. The molecule has 7 nitrogen and oxygen atoms in total. The second-order valence-corrected chi connectivity index (χ2v) is 5.96. The Bertz CT molecular complexity index is 895. The quantitative estimate of drug-likeness (QED) is 0.770. The molecule has 1 fully saturated rings. The number of fused-ring (bicyclic) bond motifs is 1. The third-order valence-corrected chi connectivity index (χ3v) is 4.33. The third-order valence-electron chi connectivity index (χ3n) is 4.03. The van der Waals surface area contributed by atoms with Crippen molar-refractivity contribution in [1.82, 2.24) is 19.7 Å². The lowest BCUT2D eigenvalue weighted by Crippen LogP contribution is -2.17. The Labute approximate surface area is 136 Å². The fourth-order valence-corrected chi connectivity index (χ4v) is 3.15. The molecule has 3 aromatic rings. The minimum atomic E-state index is -1.02.